The van der Waals surface area contributed by atoms with Crippen LogP contribution in [0.25, 0.3) is 99.6 Å². The summed E-state index contributed by atoms with van der Waals surface area (Å²) in [4.78, 5) is 15.2. The van der Waals surface area contributed by atoms with Crippen LogP contribution >= 0.6 is 11.6 Å². The summed E-state index contributed by atoms with van der Waals surface area (Å²) in [5.41, 5.74) is 5.78. The van der Waals surface area contributed by atoms with Gasteiger partial charge in [0.2, 0.25) is 0 Å². The van der Waals surface area contributed by atoms with E-state index in [0.717, 1.165) is 82.1 Å². The summed E-state index contributed by atoms with van der Waals surface area (Å²) in [5, 5.41) is 9.17. The van der Waals surface area contributed by atoms with Gasteiger partial charge in [0.25, 0.3) is 0 Å². The Kier molecular flexibility index (Phi) is 5.56. The minimum Gasteiger partial charge on any atom is -0.456 e. The molecule has 5 nitrogen and oxygen atoms in total. The molecule has 3 aromatic heterocycles. The van der Waals surface area contributed by atoms with E-state index in [0.29, 0.717) is 22.5 Å². The highest BCUT2D eigenvalue weighted by molar-refractivity contribution is 6.32. The minimum absolute atomic E-state index is 0.554. The molecule has 0 N–H and O–H groups in total. The third kappa shape index (κ3) is 4.14. The Bertz CT molecular complexity index is 2890. The first-order valence-corrected chi connectivity index (χ1v) is 15.7. The quantitative estimate of drug-likeness (QED) is 0.196. The van der Waals surface area contributed by atoms with Gasteiger partial charge >= 0.3 is 0 Å². The van der Waals surface area contributed by atoms with Crippen molar-refractivity contribution in [3.05, 3.63) is 138 Å². The van der Waals surface area contributed by atoms with Crippen LogP contribution < -0.4 is 0 Å². The molecule has 220 valence electrons. The van der Waals surface area contributed by atoms with Gasteiger partial charge in [0, 0.05) is 43.3 Å². The molecule has 0 bridgehead atoms. The van der Waals surface area contributed by atoms with Crippen molar-refractivity contribution >= 4 is 77.0 Å². The van der Waals surface area contributed by atoms with E-state index in [4.69, 9.17) is 35.4 Å². The molecule has 47 heavy (non-hydrogen) atoms. The Morgan fingerprint density at radius 3 is 1.98 bits per heavy atom. The SMILES string of the molecule is Clc1ccc2ccc3oc4cc(-c5nc(-c6ccc7ccccc7c6)nc(-c6cccc7oc8ccccc8c67)n5)ccc4c3c2c1. The average Bonchev–Trinajstić information content (AvgIpc) is 3.69. The Balaban J connectivity index is 1.22. The number of nitrogens with zero attached hydrogens (tertiary/aromatic N) is 3. The second-order valence-corrected chi connectivity index (χ2v) is 12.2. The number of fused-ring (bicyclic) bond motifs is 9. The van der Waals surface area contributed by atoms with Crippen molar-refractivity contribution < 1.29 is 8.83 Å². The lowest BCUT2D eigenvalue weighted by atomic mass is 10.0. The molecule has 0 radical (unpaired) electrons. The van der Waals surface area contributed by atoms with Crippen LogP contribution in [0.5, 0.6) is 0 Å². The second-order valence-electron chi connectivity index (χ2n) is 11.8. The molecule has 0 aliphatic rings. The van der Waals surface area contributed by atoms with Crippen LogP contribution in [-0.4, -0.2) is 15.0 Å². The molecule has 3 heterocycles. The first-order chi connectivity index (χ1) is 23.2. The zero-order valence-corrected chi connectivity index (χ0v) is 25.5. The van der Waals surface area contributed by atoms with Crippen molar-refractivity contribution in [2.45, 2.75) is 0 Å². The van der Waals surface area contributed by atoms with Crippen molar-refractivity contribution in [1.29, 1.82) is 0 Å². The first-order valence-electron chi connectivity index (χ1n) is 15.4. The Morgan fingerprint density at radius 1 is 0.404 bits per heavy atom. The smallest absolute Gasteiger partial charge is 0.164 e. The van der Waals surface area contributed by atoms with Crippen LogP contribution in [0.4, 0.5) is 0 Å². The third-order valence-electron chi connectivity index (χ3n) is 8.96. The van der Waals surface area contributed by atoms with Crippen LogP contribution in [0, 0.1) is 0 Å². The van der Waals surface area contributed by atoms with E-state index >= 15 is 0 Å². The van der Waals surface area contributed by atoms with Gasteiger partial charge in [0.15, 0.2) is 17.5 Å². The Labute approximate surface area is 272 Å². The number of aromatic nitrogens is 3. The predicted molar refractivity (Wildman–Crippen MR) is 191 cm³/mol. The van der Waals surface area contributed by atoms with E-state index in [1.54, 1.807) is 0 Å². The number of halogens is 1. The molecule has 0 amide bonds. The number of furan rings is 2. The summed E-state index contributed by atoms with van der Waals surface area (Å²) in [6.45, 7) is 0. The summed E-state index contributed by atoms with van der Waals surface area (Å²) in [7, 11) is 0. The molecule has 6 heteroatoms. The maximum absolute atomic E-state index is 6.41. The molecule has 0 aliphatic heterocycles. The van der Waals surface area contributed by atoms with Gasteiger partial charge < -0.3 is 8.83 Å². The molecule has 0 saturated carbocycles. The zero-order valence-electron chi connectivity index (χ0n) is 24.7. The molecule has 7 aromatic carbocycles. The maximum atomic E-state index is 6.41. The number of hydrogen-bond acceptors (Lipinski definition) is 5. The lowest BCUT2D eigenvalue weighted by Gasteiger charge is -2.10. The standard InChI is InChI=1S/C41H22ClN3O2/c42-28-17-14-24-16-19-35-38(32(24)22-28)30-18-15-27(21-36(30)47-35)40-43-39(26-13-12-23-6-1-2-7-25(23)20-26)44-41(45-40)31-9-5-11-34-37(31)29-8-3-4-10-33(29)46-34/h1-22H. The molecule has 0 aliphatic carbocycles. The maximum Gasteiger partial charge on any atom is 0.164 e. The van der Waals surface area contributed by atoms with Gasteiger partial charge in [-0.25, -0.2) is 15.0 Å². The normalized spacial score (nSPS) is 11.9. The van der Waals surface area contributed by atoms with Crippen molar-refractivity contribution in [2.75, 3.05) is 0 Å². The molecule has 0 atom stereocenters. The number of benzene rings is 7. The molecule has 0 unspecified atom stereocenters. The van der Waals surface area contributed by atoms with Gasteiger partial charge in [-0.2, -0.15) is 0 Å². The fourth-order valence-corrected chi connectivity index (χ4v) is 6.92. The van der Waals surface area contributed by atoms with Crippen molar-refractivity contribution in [3.8, 4) is 34.2 Å². The molecular formula is C41H22ClN3O2. The lowest BCUT2D eigenvalue weighted by molar-refractivity contribution is 0.669. The predicted octanol–water partition coefficient (Wildman–Crippen LogP) is 11.6. The fraction of sp³-hybridized carbons (Fsp3) is 0. The summed E-state index contributed by atoms with van der Waals surface area (Å²) in [5.74, 6) is 1.71. The minimum atomic E-state index is 0.554. The monoisotopic (exact) mass is 623 g/mol. The van der Waals surface area contributed by atoms with Gasteiger partial charge in [-0.05, 0) is 70.1 Å². The van der Waals surface area contributed by atoms with Gasteiger partial charge in [0.1, 0.15) is 22.3 Å². The molecule has 0 saturated heterocycles. The van der Waals surface area contributed by atoms with Crippen LogP contribution in [0.3, 0.4) is 0 Å². The van der Waals surface area contributed by atoms with E-state index in [1.165, 1.54) is 0 Å². The number of rotatable bonds is 3. The molecular weight excluding hydrogens is 602 g/mol. The Morgan fingerprint density at radius 2 is 1.06 bits per heavy atom. The lowest BCUT2D eigenvalue weighted by Crippen LogP contribution is -2.00. The molecule has 10 rings (SSSR count). The topological polar surface area (TPSA) is 65.0 Å². The van der Waals surface area contributed by atoms with Crippen molar-refractivity contribution in [2.24, 2.45) is 0 Å². The largest absolute Gasteiger partial charge is 0.456 e. The summed E-state index contributed by atoms with van der Waals surface area (Å²) >= 11 is 6.41. The van der Waals surface area contributed by atoms with E-state index < -0.39 is 0 Å². The van der Waals surface area contributed by atoms with Crippen LogP contribution in [0.15, 0.2) is 142 Å². The van der Waals surface area contributed by atoms with Gasteiger partial charge in [0.05, 0.1) is 0 Å². The van der Waals surface area contributed by atoms with Gasteiger partial charge in [-0.15, -0.1) is 0 Å². The van der Waals surface area contributed by atoms with Gasteiger partial charge in [-0.1, -0.05) is 96.5 Å². The summed E-state index contributed by atoms with van der Waals surface area (Å²) in [6, 6.07) is 44.8. The molecule has 10 aromatic rings. The van der Waals surface area contributed by atoms with E-state index in [1.807, 2.05) is 78.9 Å². The number of para-hydroxylation sites is 1. The summed E-state index contributed by atoms with van der Waals surface area (Å²) in [6.07, 6.45) is 0. The first kappa shape index (κ1) is 26.2. The fourth-order valence-electron chi connectivity index (χ4n) is 6.75. The summed E-state index contributed by atoms with van der Waals surface area (Å²) < 4.78 is 12.6. The van der Waals surface area contributed by atoms with E-state index in [2.05, 4.69) is 54.6 Å². The van der Waals surface area contributed by atoms with Crippen LogP contribution in [0.1, 0.15) is 0 Å². The second kappa shape index (κ2) is 9.98. The highest BCUT2D eigenvalue weighted by atomic mass is 35.5. The van der Waals surface area contributed by atoms with Gasteiger partial charge in [-0.3, -0.25) is 0 Å². The Hall–Kier alpha value is -6.04. The highest BCUT2D eigenvalue weighted by Crippen LogP contribution is 2.39. The zero-order chi connectivity index (χ0) is 31.1. The average molecular weight is 624 g/mol. The van der Waals surface area contributed by atoms with E-state index in [9.17, 15) is 0 Å². The third-order valence-corrected chi connectivity index (χ3v) is 9.20. The molecule has 0 fully saturated rings. The van der Waals surface area contributed by atoms with Crippen molar-refractivity contribution in [1.82, 2.24) is 15.0 Å². The highest BCUT2D eigenvalue weighted by Gasteiger charge is 2.19. The van der Waals surface area contributed by atoms with Crippen LogP contribution in [-0.2, 0) is 0 Å². The van der Waals surface area contributed by atoms with E-state index in [-0.39, 0.29) is 0 Å². The molecule has 0 spiro atoms. The van der Waals surface area contributed by atoms with Crippen LogP contribution in [0.2, 0.25) is 5.02 Å². The number of hydrogen-bond donors (Lipinski definition) is 0. The van der Waals surface area contributed by atoms with Crippen molar-refractivity contribution in [3.63, 3.8) is 0 Å².